The van der Waals surface area contributed by atoms with Crippen LogP contribution >= 0.6 is 19.0 Å². The van der Waals surface area contributed by atoms with Crippen LogP contribution in [0.4, 0.5) is 0 Å². The van der Waals surface area contributed by atoms with E-state index in [1.165, 1.54) is 30.6 Å². The molecular formula is C6H15O2PS. The second kappa shape index (κ2) is 7.80. The van der Waals surface area contributed by atoms with Gasteiger partial charge in [0.25, 0.3) is 0 Å². The Balaban J connectivity index is 2.77. The maximum Gasteiger partial charge on any atom is 0.232 e. The summed E-state index contributed by atoms with van der Waals surface area (Å²) in [7, 11) is -1.70. The van der Waals surface area contributed by atoms with Crippen LogP contribution in [0.25, 0.3) is 0 Å². The van der Waals surface area contributed by atoms with Gasteiger partial charge in [-0.2, -0.15) is 0 Å². The number of hydrogen-bond donors (Lipinski definition) is 2. The molecule has 0 aliphatic carbocycles. The standard InChI is InChI=1S/C6H15O2PS/c1-2-3-4-5-6-10-9(7)8/h7-8H,2-6H2,1H3. The first-order chi connectivity index (χ1) is 4.77. The summed E-state index contributed by atoms with van der Waals surface area (Å²) in [6.45, 7) is 2.16. The lowest BCUT2D eigenvalue weighted by Gasteiger charge is -2.00. The number of rotatable bonds is 6. The SMILES string of the molecule is CCCCCCSP(O)O. The zero-order chi connectivity index (χ0) is 7.82. The molecule has 2 N–H and O–H groups in total. The minimum atomic E-state index is -1.70. The highest BCUT2D eigenvalue weighted by Crippen LogP contribution is 2.40. The number of unbranched alkanes of at least 4 members (excludes halogenated alkanes) is 3. The Morgan fingerprint density at radius 3 is 2.40 bits per heavy atom. The van der Waals surface area contributed by atoms with E-state index >= 15 is 0 Å². The van der Waals surface area contributed by atoms with E-state index in [1.807, 2.05) is 0 Å². The van der Waals surface area contributed by atoms with Gasteiger partial charge in [0, 0.05) is 5.75 Å². The van der Waals surface area contributed by atoms with Gasteiger partial charge in [0.1, 0.15) is 0 Å². The zero-order valence-corrected chi connectivity index (χ0v) is 8.00. The molecule has 0 spiro atoms. The second-order valence-corrected chi connectivity index (χ2v) is 5.07. The molecule has 0 fully saturated rings. The number of hydrogen-bond acceptors (Lipinski definition) is 3. The highest BCUT2D eigenvalue weighted by Gasteiger charge is 1.97. The molecule has 0 aromatic heterocycles. The van der Waals surface area contributed by atoms with Crippen LogP contribution < -0.4 is 0 Å². The van der Waals surface area contributed by atoms with Crippen molar-refractivity contribution in [1.82, 2.24) is 0 Å². The maximum absolute atomic E-state index is 8.49. The van der Waals surface area contributed by atoms with Crippen molar-refractivity contribution in [1.29, 1.82) is 0 Å². The molecule has 0 aromatic carbocycles. The predicted octanol–water partition coefficient (Wildman–Crippen LogP) is 2.51. The summed E-state index contributed by atoms with van der Waals surface area (Å²) in [5, 5.41) is 0. The summed E-state index contributed by atoms with van der Waals surface area (Å²) >= 11 is 1.26. The Morgan fingerprint density at radius 2 is 1.90 bits per heavy atom. The summed E-state index contributed by atoms with van der Waals surface area (Å²) in [4.78, 5) is 17.0. The van der Waals surface area contributed by atoms with E-state index in [4.69, 9.17) is 9.79 Å². The molecule has 62 valence electrons. The van der Waals surface area contributed by atoms with Gasteiger partial charge in [-0.1, -0.05) is 37.6 Å². The fraction of sp³-hybridized carbons (Fsp3) is 1.00. The summed E-state index contributed by atoms with van der Waals surface area (Å²) in [5.41, 5.74) is 0. The van der Waals surface area contributed by atoms with Crippen LogP contribution in [0.3, 0.4) is 0 Å². The van der Waals surface area contributed by atoms with E-state index in [9.17, 15) is 0 Å². The fourth-order valence-electron chi connectivity index (χ4n) is 0.675. The van der Waals surface area contributed by atoms with Crippen LogP contribution in [-0.2, 0) is 0 Å². The first-order valence-electron chi connectivity index (χ1n) is 3.58. The second-order valence-electron chi connectivity index (χ2n) is 2.15. The molecule has 0 amide bonds. The summed E-state index contributed by atoms with van der Waals surface area (Å²) in [6, 6.07) is 0. The Bertz CT molecular complexity index is 70.8. The molecule has 4 heteroatoms. The Hall–Kier alpha value is 0.700. The van der Waals surface area contributed by atoms with Crippen molar-refractivity contribution in [3.05, 3.63) is 0 Å². The summed E-state index contributed by atoms with van der Waals surface area (Å²) < 4.78 is 0. The highest BCUT2D eigenvalue weighted by molar-refractivity contribution is 8.52. The van der Waals surface area contributed by atoms with Crippen molar-refractivity contribution in [3.8, 4) is 0 Å². The predicted molar refractivity (Wildman–Crippen MR) is 48.0 cm³/mol. The minimum absolute atomic E-state index is 0.888. The lowest BCUT2D eigenvalue weighted by molar-refractivity contribution is 0.505. The van der Waals surface area contributed by atoms with Crippen LogP contribution in [-0.4, -0.2) is 15.5 Å². The first kappa shape index (κ1) is 10.7. The molecule has 0 unspecified atom stereocenters. The third-order valence-electron chi connectivity index (χ3n) is 1.20. The van der Waals surface area contributed by atoms with Gasteiger partial charge in [0.15, 0.2) is 0 Å². The van der Waals surface area contributed by atoms with Gasteiger partial charge < -0.3 is 9.79 Å². The molecule has 0 radical (unpaired) electrons. The van der Waals surface area contributed by atoms with Gasteiger partial charge in [-0.25, -0.2) is 0 Å². The Morgan fingerprint density at radius 1 is 1.20 bits per heavy atom. The van der Waals surface area contributed by atoms with E-state index in [0.29, 0.717) is 0 Å². The van der Waals surface area contributed by atoms with Gasteiger partial charge in [0.2, 0.25) is 7.58 Å². The van der Waals surface area contributed by atoms with E-state index in [2.05, 4.69) is 6.92 Å². The van der Waals surface area contributed by atoms with E-state index in [0.717, 1.165) is 12.2 Å². The molecule has 0 rings (SSSR count). The zero-order valence-electron chi connectivity index (χ0n) is 6.29. The third-order valence-corrected chi connectivity index (χ3v) is 3.15. The highest BCUT2D eigenvalue weighted by atomic mass is 32.7. The monoisotopic (exact) mass is 182 g/mol. The van der Waals surface area contributed by atoms with E-state index < -0.39 is 7.58 Å². The van der Waals surface area contributed by atoms with Crippen molar-refractivity contribution in [2.75, 3.05) is 5.75 Å². The maximum atomic E-state index is 8.49. The van der Waals surface area contributed by atoms with Crippen molar-refractivity contribution < 1.29 is 9.79 Å². The van der Waals surface area contributed by atoms with E-state index in [1.54, 1.807) is 0 Å². The van der Waals surface area contributed by atoms with Gasteiger partial charge in [0.05, 0.1) is 0 Å². The Kier molecular flexibility index (Phi) is 8.35. The molecule has 2 nitrogen and oxygen atoms in total. The van der Waals surface area contributed by atoms with E-state index in [-0.39, 0.29) is 0 Å². The van der Waals surface area contributed by atoms with Crippen molar-refractivity contribution in [2.45, 2.75) is 32.6 Å². The topological polar surface area (TPSA) is 40.5 Å². The summed E-state index contributed by atoms with van der Waals surface area (Å²) in [5.74, 6) is 0.888. The molecule has 0 aromatic rings. The first-order valence-corrected chi connectivity index (χ1v) is 6.42. The van der Waals surface area contributed by atoms with Gasteiger partial charge in [-0.3, -0.25) is 0 Å². The minimum Gasteiger partial charge on any atom is -0.342 e. The van der Waals surface area contributed by atoms with Crippen molar-refractivity contribution >= 4 is 19.0 Å². The smallest absolute Gasteiger partial charge is 0.232 e. The molecule has 0 saturated heterocycles. The largest absolute Gasteiger partial charge is 0.342 e. The fourth-order valence-corrected chi connectivity index (χ4v) is 2.05. The normalized spacial score (nSPS) is 10.8. The van der Waals surface area contributed by atoms with Crippen LogP contribution in [0, 0.1) is 0 Å². The van der Waals surface area contributed by atoms with Gasteiger partial charge in [-0.15, -0.1) is 0 Å². The van der Waals surface area contributed by atoms with Crippen molar-refractivity contribution in [3.63, 3.8) is 0 Å². The van der Waals surface area contributed by atoms with Crippen LogP contribution in [0.1, 0.15) is 32.6 Å². The Labute approximate surface area is 67.7 Å². The molecule has 0 saturated carbocycles. The molecule has 0 bridgehead atoms. The van der Waals surface area contributed by atoms with Gasteiger partial charge in [-0.05, 0) is 6.42 Å². The molecule has 10 heavy (non-hydrogen) atoms. The van der Waals surface area contributed by atoms with Gasteiger partial charge >= 0.3 is 0 Å². The molecular weight excluding hydrogens is 167 g/mol. The van der Waals surface area contributed by atoms with Crippen molar-refractivity contribution in [2.24, 2.45) is 0 Å². The summed E-state index contributed by atoms with van der Waals surface area (Å²) in [6.07, 6.45) is 4.82. The molecule has 0 aliphatic rings. The van der Waals surface area contributed by atoms with Crippen LogP contribution in [0.2, 0.25) is 0 Å². The molecule has 0 aliphatic heterocycles. The third kappa shape index (κ3) is 8.70. The van der Waals surface area contributed by atoms with Crippen LogP contribution in [0.5, 0.6) is 0 Å². The molecule has 0 atom stereocenters. The lowest BCUT2D eigenvalue weighted by Crippen LogP contribution is -1.78. The van der Waals surface area contributed by atoms with Crippen LogP contribution in [0.15, 0.2) is 0 Å². The molecule has 0 heterocycles. The average molecular weight is 182 g/mol. The lowest BCUT2D eigenvalue weighted by atomic mass is 10.2. The average Bonchev–Trinajstić information content (AvgIpc) is 1.87. The quantitative estimate of drug-likeness (QED) is 0.490.